The van der Waals surface area contributed by atoms with Gasteiger partial charge < -0.3 is 9.15 Å². The van der Waals surface area contributed by atoms with Gasteiger partial charge in [0.2, 0.25) is 0 Å². The van der Waals surface area contributed by atoms with Gasteiger partial charge in [0.05, 0.1) is 12.2 Å². The van der Waals surface area contributed by atoms with Crippen LogP contribution in [0, 0.1) is 0 Å². The molecule has 0 saturated carbocycles. The van der Waals surface area contributed by atoms with Crippen LogP contribution in [0.25, 0.3) is 10.2 Å². The zero-order valence-corrected chi connectivity index (χ0v) is 13.6. The Morgan fingerprint density at radius 2 is 2.14 bits per heavy atom. The summed E-state index contributed by atoms with van der Waals surface area (Å²) < 4.78 is 11.2. The molecule has 3 rings (SSSR count). The number of hydrogen-bond acceptors (Lipinski definition) is 5. The summed E-state index contributed by atoms with van der Waals surface area (Å²) in [5.74, 6) is 0.569. The number of aromatic nitrogens is 1. The van der Waals surface area contributed by atoms with Crippen molar-refractivity contribution in [3.63, 3.8) is 0 Å². The van der Waals surface area contributed by atoms with Crippen LogP contribution in [0.2, 0.25) is 0 Å². The maximum Gasteiger partial charge on any atom is 0.348 e. The van der Waals surface area contributed by atoms with E-state index in [0.717, 1.165) is 47.4 Å². The van der Waals surface area contributed by atoms with Gasteiger partial charge in [0.25, 0.3) is 0 Å². The number of unbranched alkanes of at least 4 members (excludes halogenated alkanes) is 2. The quantitative estimate of drug-likeness (QED) is 0.805. The Labute approximate surface area is 128 Å². The third-order valence-electron chi connectivity index (χ3n) is 3.90. The van der Waals surface area contributed by atoms with Crippen LogP contribution >= 0.6 is 11.3 Å². The topological polar surface area (TPSA) is 52.3 Å². The molecule has 0 aromatic carbocycles. The second kappa shape index (κ2) is 5.54. The highest BCUT2D eigenvalue weighted by Gasteiger charge is 2.31. The predicted molar refractivity (Wildman–Crippen MR) is 84.0 cm³/mol. The first kappa shape index (κ1) is 14.7. The van der Waals surface area contributed by atoms with Gasteiger partial charge in [-0.05, 0) is 25.8 Å². The van der Waals surface area contributed by atoms with Crippen LogP contribution in [0.3, 0.4) is 0 Å². The standard InChI is InChI=1S/C16H21NO3S/c1-4-5-6-7-12-17-14-13(15(18)20-12)10-8-16(2,3)19-9-11(10)21-14/h4-9H2,1-3H3. The lowest BCUT2D eigenvalue weighted by atomic mass is 9.95. The summed E-state index contributed by atoms with van der Waals surface area (Å²) in [6, 6.07) is 0. The Morgan fingerprint density at radius 3 is 2.90 bits per heavy atom. The van der Waals surface area contributed by atoms with Gasteiger partial charge in [-0.15, -0.1) is 11.3 Å². The van der Waals surface area contributed by atoms with E-state index in [0.29, 0.717) is 17.9 Å². The van der Waals surface area contributed by atoms with Gasteiger partial charge in [-0.2, -0.15) is 0 Å². The minimum atomic E-state index is -0.235. The van der Waals surface area contributed by atoms with E-state index < -0.39 is 0 Å². The Kier molecular flexibility index (Phi) is 3.88. The third kappa shape index (κ3) is 2.90. The summed E-state index contributed by atoms with van der Waals surface area (Å²) in [6.45, 7) is 6.82. The maximum absolute atomic E-state index is 12.3. The summed E-state index contributed by atoms with van der Waals surface area (Å²) in [4.78, 5) is 18.8. The SMILES string of the molecule is CCCCCc1nc2sc3c(c2c(=O)o1)CC(C)(C)OC3. The first-order chi connectivity index (χ1) is 10.00. The summed E-state index contributed by atoms with van der Waals surface area (Å²) in [6.07, 6.45) is 4.77. The van der Waals surface area contributed by atoms with Crippen molar-refractivity contribution in [2.75, 3.05) is 0 Å². The Balaban J connectivity index is 2.00. The molecule has 0 bridgehead atoms. The minimum Gasteiger partial charge on any atom is -0.408 e. The molecule has 0 spiro atoms. The molecule has 1 aliphatic heterocycles. The van der Waals surface area contributed by atoms with Crippen LogP contribution < -0.4 is 5.63 Å². The molecule has 21 heavy (non-hydrogen) atoms. The van der Waals surface area contributed by atoms with Crippen LogP contribution in [0.4, 0.5) is 0 Å². The summed E-state index contributed by atoms with van der Waals surface area (Å²) >= 11 is 1.57. The third-order valence-corrected chi connectivity index (χ3v) is 5.00. The molecule has 0 amide bonds. The van der Waals surface area contributed by atoms with Gasteiger partial charge in [0.1, 0.15) is 10.2 Å². The Morgan fingerprint density at radius 1 is 1.33 bits per heavy atom. The fourth-order valence-corrected chi connectivity index (χ4v) is 3.86. The van der Waals surface area contributed by atoms with Crippen molar-refractivity contribution in [1.29, 1.82) is 0 Å². The van der Waals surface area contributed by atoms with Gasteiger partial charge in [-0.25, -0.2) is 9.78 Å². The van der Waals surface area contributed by atoms with Crippen molar-refractivity contribution < 1.29 is 9.15 Å². The van der Waals surface area contributed by atoms with E-state index in [-0.39, 0.29) is 11.2 Å². The van der Waals surface area contributed by atoms with Crippen molar-refractivity contribution in [3.8, 4) is 0 Å². The Hall–Kier alpha value is -1.20. The van der Waals surface area contributed by atoms with Crippen LogP contribution in [-0.2, 0) is 24.2 Å². The number of rotatable bonds is 4. The van der Waals surface area contributed by atoms with Gasteiger partial charge in [0, 0.05) is 17.7 Å². The molecular weight excluding hydrogens is 286 g/mol. The molecule has 0 saturated heterocycles. The predicted octanol–water partition coefficient (Wildman–Crippen LogP) is 3.83. The van der Waals surface area contributed by atoms with Gasteiger partial charge >= 0.3 is 5.63 Å². The van der Waals surface area contributed by atoms with E-state index in [1.54, 1.807) is 11.3 Å². The number of aryl methyl sites for hydroxylation is 1. The summed E-state index contributed by atoms with van der Waals surface area (Å²) in [5, 5.41) is 0.672. The summed E-state index contributed by atoms with van der Waals surface area (Å²) in [5.41, 5.74) is 0.613. The molecule has 2 aromatic heterocycles. The zero-order chi connectivity index (χ0) is 15.0. The first-order valence-electron chi connectivity index (χ1n) is 7.58. The zero-order valence-electron chi connectivity index (χ0n) is 12.8. The average molecular weight is 307 g/mol. The van der Waals surface area contributed by atoms with Crippen LogP contribution in [0.5, 0.6) is 0 Å². The fraction of sp³-hybridized carbons (Fsp3) is 0.625. The van der Waals surface area contributed by atoms with Crippen molar-refractivity contribution in [2.24, 2.45) is 0 Å². The fourth-order valence-electron chi connectivity index (χ4n) is 2.76. The number of thiophene rings is 1. The van der Waals surface area contributed by atoms with E-state index >= 15 is 0 Å². The molecule has 0 N–H and O–H groups in total. The molecule has 0 aliphatic carbocycles. The molecule has 0 fully saturated rings. The molecular formula is C16H21NO3S. The van der Waals surface area contributed by atoms with Crippen molar-refractivity contribution in [2.45, 2.75) is 65.1 Å². The minimum absolute atomic E-state index is 0.229. The van der Waals surface area contributed by atoms with Crippen molar-refractivity contribution in [1.82, 2.24) is 4.98 Å². The highest BCUT2D eigenvalue weighted by Crippen LogP contribution is 2.36. The lowest BCUT2D eigenvalue weighted by Gasteiger charge is -2.29. The molecule has 0 atom stereocenters. The van der Waals surface area contributed by atoms with E-state index in [9.17, 15) is 4.79 Å². The molecule has 2 aromatic rings. The highest BCUT2D eigenvalue weighted by molar-refractivity contribution is 7.18. The second-order valence-electron chi connectivity index (χ2n) is 6.26. The molecule has 3 heterocycles. The number of nitrogens with zero attached hydrogens (tertiary/aromatic N) is 1. The van der Waals surface area contributed by atoms with E-state index in [1.165, 1.54) is 0 Å². The molecule has 114 valence electrons. The number of hydrogen-bond donors (Lipinski definition) is 0. The van der Waals surface area contributed by atoms with E-state index in [2.05, 4.69) is 11.9 Å². The molecule has 4 nitrogen and oxygen atoms in total. The Bertz CT molecular complexity index is 714. The van der Waals surface area contributed by atoms with Crippen LogP contribution in [0.1, 0.15) is 56.4 Å². The lowest BCUT2D eigenvalue weighted by Crippen LogP contribution is -2.31. The van der Waals surface area contributed by atoms with Crippen molar-refractivity contribution >= 4 is 21.6 Å². The summed E-state index contributed by atoms with van der Waals surface area (Å²) in [7, 11) is 0. The monoisotopic (exact) mass is 307 g/mol. The number of fused-ring (bicyclic) bond motifs is 3. The second-order valence-corrected chi connectivity index (χ2v) is 7.34. The maximum atomic E-state index is 12.3. The molecule has 0 radical (unpaired) electrons. The van der Waals surface area contributed by atoms with Gasteiger partial charge in [-0.1, -0.05) is 19.8 Å². The average Bonchev–Trinajstić information content (AvgIpc) is 2.75. The first-order valence-corrected chi connectivity index (χ1v) is 8.40. The van der Waals surface area contributed by atoms with E-state index in [4.69, 9.17) is 9.15 Å². The number of ether oxygens (including phenoxy) is 1. The van der Waals surface area contributed by atoms with Crippen LogP contribution in [-0.4, -0.2) is 10.6 Å². The molecule has 5 heteroatoms. The lowest BCUT2D eigenvalue weighted by molar-refractivity contribution is -0.0379. The van der Waals surface area contributed by atoms with E-state index in [1.807, 2.05) is 13.8 Å². The van der Waals surface area contributed by atoms with Gasteiger partial charge in [0.15, 0.2) is 5.89 Å². The van der Waals surface area contributed by atoms with Gasteiger partial charge in [-0.3, -0.25) is 0 Å². The normalized spacial score (nSPS) is 17.1. The molecule has 0 unspecified atom stereocenters. The highest BCUT2D eigenvalue weighted by atomic mass is 32.1. The smallest absolute Gasteiger partial charge is 0.348 e. The largest absolute Gasteiger partial charge is 0.408 e. The van der Waals surface area contributed by atoms with Crippen molar-refractivity contribution in [3.05, 3.63) is 26.8 Å². The molecule has 1 aliphatic rings. The van der Waals surface area contributed by atoms with Crippen LogP contribution in [0.15, 0.2) is 9.21 Å².